The van der Waals surface area contributed by atoms with Gasteiger partial charge in [0, 0.05) is 12.1 Å². The Kier molecular flexibility index (Phi) is 4.40. The summed E-state index contributed by atoms with van der Waals surface area (Å²) in [5.74, 6) is -0.211. The maximum atomic E-state index is 12.1. The van der Waals surface area contributed by atoms with Crippen LogP contribution >= 0.6 is 0 Å². The summed E-state index contributed by atoms with van der Waals surface area (Å²) in [6, 6.07) is 6.05. The average molecular weight is 199 g/mol. The lowest BCUT2D eigenvalue weighted by Gasteiger charge is -1.94. The van der Waals surface area contributed by atoms with E-state index in [-0.39, 0.29) is 5.82 Å². The summed E-state index contributed by atoms with van der Waals surface area (Å²) in [6.45, 7) is 0. The number of halogens is 5. The summed E-state index contributed by atoms with van der Waals surface area (Å²) in [5.41, 5.74) is 4.43. The molecular weight excluding hydrogens is 192 g/mol. The van der Waals surface area contributed by atoms with Crippen LogP contribution in [-0.2, 0) is 0 Å². The molecule has 0 unspecified atom stereocenters. The highest BCUT2D eigenvalue weighted by atomic mass is 19.5. The van der Waals surface area contributed by atoms with Crippen LogP contribution in [0.1, 0.15) is 0 Å². The second-order valence-corrected chi connectivity index (χ2v) is 2.12. The van der Waals surface area contributed by atoms with Gasteiger partial charge >= 0.3 is 7.25 Å². The van der Waals surface area contributed by atoms with Crippen LogP contribution in [0, 0.1) is 5.82 Å². The molecule has 13 heavy (non-hydrogen) atoms. The number of benzene rings is 1. The summed E-state index contributed by atoms with van der Waals surface area (Å²) in [7, 11) is -6.00. The van der Waals surface area contributed by atoms with E-state index in [2.05, 4.69) is 5.73 Å². The highest BCUT2D eigenvalue weighted by Gasteiger charge is 2.20. The van der Waals surface area contributed by atoms with Crippen molar-refractivity contribution in [2.45, 2.75) is 0 Å². The molecule has 0 fully saturated rings. The molecule has 0 spiro atoms. The smallest absolute Gasteiger partial charge is 0.418 e. The largest absolute Gasteiger partial charge is 0.673 e. The van der Waals surface area contributed by atoms with E-state index in [1.54, 1.807) is 12.1 Å². The zero-order chi connectivity index (χ0) is 10.5. The summed E-state index contributed by atoms with van der Waals surface area (Å²) in [6.07, 6.45) is 0. The Labute approximate surface area is 71.5 Å². The van der Waals surface area contributed by atoms with E-state index in [0.717, 1.165) is 5.69 Å². The molecule has 0 aliphatic rings. The minimum absolute atomic E-state index is 0.211. The molecule has 0 bridgehead atoms. The van der Waals surface area contributed by atoms with Crippen LogP contribution in [0.3, 0.4) is 0 Å². The first kappa shape index (κ1) is 11.9. The number of hydrogen-bond acceptors (Lipinski definition) is 0. The van der Waals surface area contributed by atoms with Gasteiger partial charge in [-0.15, -0.1) is 0 Å². The van der Waals surface area contributed by atoms with Crippen LogP contribution in [0.2, 0.25) is 0 Å². The third kappa shape index (κ3) is 10.9. The maximum absolute atomic E-state index is 12.1. The van der Waals surface area contributed by atoms with Crippen molar-refractivity contribution >= 4 is 12.9 Å². The standard InChI is InChI=1S/C6H6FN.BF4/c7-5-1-3-6(8)4-2-5;2-1(3,4)5/h1-4H,8H2;/q;-1/p+1. The molecule has 0 amide bonds. The van der Waals surface area contributed by atoms with Crippen molar-refractivity contribution < 1.29 is 27.4 Å². The molecule has 1 aromatic rings. The van der Waals surface area contributed by atoms with E-state index in [0.29, 0.717) is 0 Å². The van der Waals surface area contributed by atoms with Crippen LogP contribution in [0.25, 0.3) is 0 Å². The van der Waals surface area contributed by atoms with Crippen LogP contribution in [0.15, 0.2) is 24.3 Å². The summed E-state index contributed by atoms with van der Waals surface area (Å²) in [5, 5.41) is 0. The molecule has 1 rings (SSSR count). The predicted octanol–water partition coefficient (Wildman–Crippen LogP) is 2.00. The third-order valence-corrected chi connectivity index (χ3v) is 0.913. The first-order chi connectivity index (χ1) is 5.79. The Hall–Kier alpha value is -1.11. The fourth-order valence-corrected chi connectivity index (χ4v) is 0.484. The summed E-state index contributed by atoms with van der Waals surface area (Å²) < 4.78 is 51.1. The SMILES string of the molecule is F[B-](F)(F)F.[NH3+]c1ccc(F)cc1. The first-order valence-electron chi connectivity index (χ1n) is 3.24. The topological polar surface area (TPSA) is 27.6 Å². The van der Waals surface area contributed by atoms with Crippen molar-refractivity contribution in [3.63, 3.8) is 0 Å². The third-order valence-electron chi connectivity index (χ3n) is 0.913. The molecule has 0 aromatic heterocycles. The fourth-order valence-electron chi connectivity index (χ4n) is 0.484. The molecular formula is C6H7BF5N. The maximum Gasteiger partial charge on any atom is 0.673 e. The normalized spacial score (nSPS) is 10.3. The first-order valence-corrected chi connectivity index (χ1v) is 3.24. The predicted molar refractivity (Wildman–Crippen MR) is 39.1 cm³/mol. The van der Waals surface area contributed by atoms with Gasteiger partial charge in [0.25, 0.3) is 0 Å². The molecule has 74 valence electrons. The molecule has 0 heterocycles. The molecule has 0 aliphatic carbocycles. The van der Waals surface area contributed by atoms with Gasteiger partial charge in [0.05, 0.1) is 0 Å². The highest BCUT2D eigenvalue weighted by Crippen LogP contribution is 2.06. The average Bonchev–Trinajstić information content (AvgIpc) is 1.92. The van der Waals surface area contributed by atoms with Crippen LogP contribution in [-0.4, -0.2) is 7.25 Å². The van der Waals surface area contributed by atoms with Crippen LogP contribution in [0.4, 0.5) is 27.3 Å². The van der Waals surface area contributed by atoms with Gasteiger partial charge in [-0.25, -0.2) is 4.39 Å². The molecule has 0 atom stereocenters. The second-order valence-electron chi connectivity index (χ2n) is 2.12. The van der Waals surface area contributed by atoms with Crippen molar-refractivity contribution in [3.05, 3.63) is 30.1 Å². The van der Waals surface area contributed by atoms with Gasteiger partial charge in [-0.2, -0.15) is 0 Å². The summed E-state index contributed by atoms with van der Waals surface area (Å²) >= 11 is 0. The molecule has 7 heteroatoms. The molecule has 0 saturated carbocycles. The Morgan fingerprint density at radius 2 is 1.23 bits per heavy atom. The van der Waals surface area contributed by atoms with Crippen LogP contribution < -0.4 is 5.73 Å². The van der Waals surface area contributed by atoms with Crippen molar-refractivity contribution in [3.8, 4) is 0 Å². The van der Waals surface area contributed by atoms with Crippen molar-refractivity contribution in [1.29, 1.82) is 0 Å². The Balaban J connectivity index is 0.000000252. The minimum atomic E-state index is -6.00. The zero-order valence-corrected chi connectivity index (χ0v) is 6.48. The lowest BCUT2D eigenvalue weighted by atomic mass is 10.3. The number of quaternary nitrogens is 1. The van der Waals surface area contributed by atoms with Crippen molar-refractivity contribution in [1.82, 2.24) is 0 Å². The van der Waals surface area contributed by atoms with Crippen LogP contribution in [0.5, 0.6) is 0 Å². The van der Waals surface area contributed by atoms with E-state index >= 15 is 0 Å². The number of rotatable bonds is 0. The van der Waals surface area contributed by atoms with E-state index in [9.17, 15) is 21.7 Å². The lowest BCUT2D eigenvalue weighted by molar-refractivity contribution is -0.254. The quantitative estimate of drug-likeness (QED) is 0.488. The van der Waals surface area contributed by atoms with E-state index in [1.165, 1.54) is 12.1 Å². The zero-order valence-electron chi connectivity index (χ0n) is 6.48. The Morgan fingerprint density at radius 3 is 1.46 bits per heavy atom. The van der Waals surface area contributed by atoms with Gasteiger partial charge in [0.1, 0.15) is 11.5 Å². The van der Waals surface area contributed by atoms with E-state index in [4.69, 9.17) is 0 Å². The van der Waals surface area contributed by atoms with Gasteiger partial charge in [-0.3, -0.25) is 0 Å². The van der Waals surface area contributed by atoms with E-state index < -0.39 is 7.25 Å². The van der Waals surface area contributed by atoms with Crippen molar-refractivity contribution in [2.24, 2.45) is 0 Å². The molecule has 0 radical (unpaired) electrons. The molecule has 1 aromatic carbocycles. The number of hydrogen-bond donors (Lipinski definition) is 1. The van der Waals surface area contributed by atoms with Gasteiger partial charge in [-0.1, -0.05) is 0 Å². The Bertz CT molecular complexity index is 217. The Morgan fingerprint density at radius 1 is 0.923 bits per heavy atom. The molecule has 1 nitrogen and oxygen atoms in total. The van der Waals surface area contributed by atoms with Gasteiger partial charge < -0.3 is 23.0 Å². The monoisotopic (exact) mass is 199 g/mol. The molecule has 3 N–H and O–H groups in total. The second kappa shape index (κ2) is 4.81. The lowest BCUT2D eigenvalue weighted by Crippen LogP contribution is -2.39. The van der Waals surface area contributed by atoms with E-state index in [1.807, 2.05) is 0 Å². The minimum Gasteiger partial charge on any atom is -0.418 e. The van der Waals surface area contributed by atoms with Gasteiger partial charge in [0.15, 0.2) is 0 Å². The molecule has 0 aliphatic heterocycles. The fraction of sp³-hybridized carbons (Fsp3) is 0. The van der Waals surface area contributed by atoms with Crippen molar-refractivity contribution in [2.75, 3.05) is 0 Å². The van der Waals surface area contributed by atoms with Gasteiger partial charge in [-0.05, 0) is 12.1 Å². The molecule has 0 saturated heterocycles. The highest BCUT2D eigenvalue weighted by molar-refractivity contribution is 6.50. The summed E-state index contributed by atoms with van der Waals surface area (Å²) in [4.78, 5) is 0. The van der Waals surface area contributed by atoms with Gasteiger partial charge in [0.2, 0.25) is 0 Å².